The van der Waals surface area contributed by atoms with Crippen molar-refractivity contribution in [3.05, 3.63) is 53.1 Å². The minimum Gasteiger partial charge on any atom is -0.493 e. The number of amides is 2. The first-order chi connectivity index (χ1) is 20.3. The fourth-order valence-electron chi connectivity index (χ4n) is 6.12. The summed E-state index contributed by atoms with van der Waals surface area (Å²) in [5, 5.41) is 9.52. The van der Waals surface area contributed by atoms with E-state index in [0.29, 0.717) is 37.0 Å². The summed E-state index contributed by atoms with van der Waals surface area (Å²) in [7, 11) is 1.59. The number of fused-ring (bicyclic) bond motifs is 1. The molecule has 0 radical (unpaired) electrons. The maximum Gasteiger partial charge on any atom is 0.306 e. The second-order valence-electron chi connectivity index (χ2n) is 11.1. The zero-order chi connectivity index (χ0) is 30.2. The van der Waals surface area contributed by atoms with E-state index >= 15 is 0 Å². The number of imide groups is 1. The van der Waals surface area contributed by atoms with Crippen LogP contribution in [-0.2, 0) is 27.3 Å². The zero-order valence-corrected chi connectivity index (χ0v) is 25.3. The summed E-state index contributed by atoms with van der Waals surface area (Å²) in [6.45, 7) is 8.81. The van der Waals surface area contributed by atoms with Crippen LogP contribution < -0.4 is 14.2 Å². The number of carboxylic acids is 1. The Morgan fingerprint density at radius 1 is 1.07 bits per heavy atom. The van der Waals surface area contributed by atoms with Crippen LogP contribution in [0.2, 0.25) is 0 Å². The van der Waals surface area contributed by atoms with Crippen LogP contribution >= 0.6 is 0 Å². The van der Waals surface area contributed by atoms with Crippen LogP contribution in [0.5, 0.6) is 17.2 Å². The predicted molar refractivity (Wildman–Crippen MR) is 159 cm³/mol. The van der Waals surface area contributed by atoms with E-state index in [9.17, 15) is 19.5 Å². The highest BCUT2D eigenvalue weighted by molar-refractivity contribution is 6.01. The summed E-state index contributed by atoms with van der Waals surface area (Å²) in [4.78, 5) is 39.0. The Kier molecular flexibility index (Phi) is 10.8. The second kappa shape index (κ2) is 14.5. The largest absolute Gasteiger partial charge is 0.493 e. The van der Waals surface area contributed by atoms with Gasteiger partial charge in [0.15, 0.2) is 11.5 Å². The molecule has 2 aliphatic heterocycles. The summed E-state index contributed by atoms with van der Waals surface area (Å²) in [5.41, 5.74) is 3.50. The molecule has 2 heterocycles. The number of carbonyl (C=O) groups is 3. The average Bonchev–Trinajstić information content (AvgIpc) is 3.75. The van der Waals surface area contributed by atoms with Crippen LogP contribution in [-0.4, -0.2) is 66.1 Å². The maximum absolute atomic E-state index is 11.9. The van der Waals surface area contributed by atoms with E-state index in [4.69, 9.17) is 14.2 Å². The third-order valence-electron chi connectivity index (χ3n) is 8.47. The topological polar surface area (TPSA) is 106 Å². The minimum absolute atomic E-state index is 0.118. The number of ether oxygens (including phenoxy) is 3. The van der Waals surface area contributed by atoms with Gasteiger partial charge in [0.25, 0.3) is 0 Å². The number of likely N-dealkylation sites (tertiary alicyclic amines) is 1. The molecule has 1 saturated heterocycles. The van der Waals surface area contributed by atoms with Crippen molar-refractivity contribution in [2.45, 2.75) is 71.9 Å². The van der Waals surface area contributed by atoms with Crippen molar-refractivity contribution in [2.24, 2.45) is 11.8 Å². The molecular weight excluding hydrogens is 536 g/mol. The van der Waals surface area contributed by atoms with Crippen molar-refractivity contribution < 1.29 is 33.7 Å². The fraction of sp³-hybridized carbons (Fsp3) is 0.545. The van der Waals surface area contributed by atoms with Crippen molar-refractivity contribution in [1.29, 1.82) is 0 Å². The highest BCUT2D eigenvalue weighted by Crippen LogP contribution is 2.36. The van der Waals surface area contributed by atoms with Crippen LogP contribution in [0.25, 0.3) is 0 Å². The molecule has 1 N–H and O–H groups in total. The molecule has 9 heteroatoms. The minimum atomic E-state index is -0.695. The highest BCUT2D eigenvalue weighted by Gasteiger charge is 2.32. The molecule has 3 atom stereocenters. The molecule has 1 aliphatic carbocycles. The molecule has 3 aliphatic rings. The summed E-state index contributed by atoms with van der Waals surface area (Å²) < 4.78 is 17.2. The molecule has 3 unspecified atom stereocenters. The predicted octanol–water partition coefficient (Wildman–Crippen LogP) is 5.25. The average molecular weight is 581 g/mol. The molecule has 5 rings (SSSR count). The van der Waals surface area contributed by atoms with Gasteiger partial charge in [0, 0.05) is 38.4 Å². The molecule has 2 fully saturated rings. The number of carbonyl (C=O) groups excluding carboxylic acids is 2. The number of aliphatic carboxylic acids is 1. The van der Waals surface area contributed by atoms with Gasteiger partial charge in [0.1, 0.15) is 12.4 Å². The molecule has 2 aromatic rings. The van der Waals surface area contributed by atoms with Crippen molar-refractivity contribution in [1.82, 2.24) is 9.80 Å². The summed E-state index contributed by atoms with van der Waals surface area (Å²) in [6.07, 6.45) is 3.79. The van der Waals surface area contributed by atoms with Crippen LogP contribution in [0.1, 0.15) is 75.6 Å². The Morgan fingerprint density at radius 3 is 2.52 bits per heavy atom. The van der Waals surface area contributed by atoms with E-state index in [-0.39, 0.29) is 49.8 Å². The molecule has 1 saturated carbocycles. The molecule has 42 heavy (non-hydrogen) atoms. The van der Waals surface area contributed by atoms with Gasteiger partial charge in [-0.25, -0.2) is 0 Å². The second-order valence-corrected chi connectivity index (χ2v) is 11.1. The van der Waals surface area contributed by atoms with Gasteiger partial charge >= 0.3 is 5.97 Å². The lowest BCUT2D eigenvalue weighted by atomic mass is 9.99. The number of hydrogen-bond donors (Lipinski definition) is 1. The first-order valence-electron chi connectivity index (χ1n) is 15.2. The van der Waals surface area contributed by atoms with Gasteiger partial charge in [0.05, 0.1) is 26.2 Å². The Labute approximate surface area is 248 Å². The molecule has 228 valence electrons. The van der Waals surface area contributed by atoms with Gasteiger partial charge in [-0.15, -0.1) is 0 Å². The Hall–Kier alpha value is -3.59. The molecule has 2 aromatic carbocycles. The van der Waals surface area contributed by atoms with Crippen molar-refractivity contribution >= 4 is 17.8 Å². The molecule has 0 bridgehead atoms. The summed E-state index contributed by atoms with van der Waals surface area (Å²) in [5.74, 6) is 1.16. The van der Waals surface area contributed by atoms with Gasteiger partial charge in [-0.05, 0) is 67.0 Å². The monoisotopic (exact) mass is 580 g/mol. The molecule has 0 aromatic heterocycles. The van der Waals surface area contributed by atoms with Gasteiger partial charge in [-0.3, -0.25) is 24.2 Å². The summed E-state index contributed by atoms with van der Waals surface area (Å²) in [6, 6.07) is 12.4. The van der Waals surface area contributed by atoms with E-state index in [1.165, 1.54) is 16.0 Å². The van der Waals surface area contributed by atoms with Gasteiger partial charge in [-0.2, -0.15) is 0 Å². The van der Waals surface area contributed by atoms with Gasteiger partial charge < -0.3 is 19.3 Å². The van der Waals surface area contributed by atoms with E-state index in [1.54, 1.807) is 7.11 Å². The van der Waals surface area contributed by atoms with E-state index in [0.717, 1.165) is 37.1 Å². The fourth-order valence-corrected chi connectivity index (χ4v) is 6.12. The Morgan fingerprint density at radius 2 is 1.83 bits per heavy atom. The number of hydrogen-bond acceptors (Lipinski definition) is 7. The van der Waals surface area contributed by atoms with Gasteiger partial charge in [0.2, 0.25) is 11.8 Å². The van der Waals surface area contributed by atoms with E-state index < -0.39 is 5.97 Å². The SMILES string of the molecule is CC.COc1cc(CN(CC2CCC(C(=O)O)C2)C(C)c2ccc3c(c2)CCO3)ccc1OCCN1C(=O)CCC1=O. The number of rotatable bonds is 12. The maximum atomic E-state index is 11.9. The lowest BCUT2D eigenvalue weighted by molar-refractivity contribution is -0.142. The lowest BCUT2D eigenvalue weighted by Gasteiger charge is -2.32. The number of benzene rings is 2. The first-order valence-corrected chi connectivity index (χ1v) is 15.2. The standard InChI is InChI=1S/C31H38N2O7.C2H6/c1-20(23-6-8-26-24(17-23)11-13-39-26)32(18-21-3-5-25(15-21)31(36)37)19-22-4-7-27(28(16-22)38-2)40-14-12-33-29(34)9-10-30(33)35;1-2/h4,6-8,16-17,20-21,25H,3,5,9-15,18-19H2,1-2H3,(H,36,37);1-2H3. The molecular formula is C33H44N2O7. The number of nitrogens with zero attached hydrogens (tertiary/aromatic N) is 2. The van der Waals surface area contributed by atoms with Crippen LogP contribution in [0.4, 0.5) is 0 Å². The van der Waals surface area contributed by atoms with E-state index in [1.807, 2.05) is 32.0 Å². The molecule has 2 amide bonds. The first kappa shape index (κ1) is 31.3. The van der Waals surface area contributed by atoms with E-state index in [2.05, 4.69) is 30.0 Å². The molecule has 9 nitrogen and oxygen atoms in total. The van der Waals surface area contributed by atoms with Crippen molar-refractivity contribution in [2.75, 3.05) is 33.4 Å². The van der Waals surface area contributed by atoms with Gasteiger partial charge in [-0.1, -0.05) is 32.0 Å². The van der Waals surface area contributed by atoms with Crippen molar-refractivity contribution in [3.63, 3.8) is 0 Å². The Bertz CT molecular complexity index is 1250. The Balaban J connectivity index is 0.00000198. The normalized spacial score (nSPS) is 20.2. The van der Waals surface area contributed by atoms with Crippen LogP contribution in [0.15, 0.2) is 36.4 Å². The number of methoxy groups -OCH3 is 1. The smallest absolute Gasteiger partial charge is 0.306 e. The number of carboxylic acid groups (broad SMARTS) is 1. The van der Waals surface area contributed by atoms with Crippen LogP contribution in [0.3, 0.4) is 0 Å². The molecule has 0 spiro atoms. The highest BCUT2D eigenvalue weighted by atomic mass is 16.5. The third-order valence-corrected chi connectivity index (χ3v) is 8.47. The van der Waals surface area contributed by atoms with Crippen LogP contribution in [0, 0.1) is 11.8 Å². The quantitative estimate of drug-likeness (QED) is 0.340. The third kappa shape index (κ3) is 7.43. The summed E-state index contributed by atoms with van der Waals surface area (Å²) >= 11 is 0. The zero-order valence-electron chi connectivity index (χ0n) is 25.3. The lowest BCUT2D eigenvalue weighted by Crippen LogP contribution is -2.33. The van der Waals surface area contributed by atoms with Crippen molar-refractivity contribution in [3.8, 4) is 17.2 Å².